The number of hydrogen-bond acceptors (Lipinski definition) is 3. The lowest BCUT2D eigenvalue weighted by molar-refractivity contribution is -0.122. The van der Waals surface area contributed by atoms with Gasteiger partial charge in [0, 0.05) is 36.4 Å². The number of likely N-dealkylation sites (N-methyl/N-ethyl adjacent to an activating group) is 1. The van der Waals surface area contributed by atoms with Crippen molar-refractivity contribution in [2.75, 3.05) is 24.5 Å². The first-order valence-electron chi connectivity index (χ1n) is 8.06. The monoisotopic (exact) mass is 323 g/mol. The van der Waals surface area contributed by atoms with Crippen molar-refractivity contribution in [3.05, 3.63) is 28.8 Å². The third-order valence-corrected chi connectivity index (χ3v) is 4.65. The zero-order valence-corrected chi connectivity index (χ0v) is 14.4. The molecule has 1 saturated heterocycles. The number of hydrogen-bond donors (Lipinski definition) is 2. The highest BCUT2D eigenvalue weighted by Crippen LogP contribution is 2.25. The molecule has 122 valence electrons. The molecule has 0 saturated carbocycles. The van der Waals surface area contributed by atoms with E-state index in [2.05, 4.69) is 27.7 Å². The number of carbonyl (C=O) groups excluding carboxylic acids is 1. The van der Waals surface area contributed by atoms with Gasteiger partial charge >= 0.3 is 0 Å². The van der Waals surface area contributed by atoms with E-state index < -0.39 is 0 Å². The predicted molar refractivity (Wildman–Crippen MR) is 92.7 cm³/mol. The Labute approximate surface area is 138 Å². The van der Waals surface area contributed by atoms with Crippen LogP contribution in [0.2, 0.25) is 5.02 Å². The fourth-order valence-corrected chi connectivity index (χ4v) is 3.01. The lowest BCUT2D eigenvalue weighted by Gasteiger charge is -2.35. The summed E-state index contributed by atoms with van der Waals surface area (Å²) in [6, 6.07) is 6.51. The molecule has 22 heavy (non-hydrogen) atoms. The summed E-state index contributed by atoms with van der Waals surface area (Å²) in [6.45, 7) is 8.54. The third-order valence-electron chi connectivity index (χ3n) is 4.25. The van der Waals surface area contributed by atoms with Gasteiger partial charge in [0.25, 0.3) is 0 Å². The molecule has 5 heteroatoms. The van der Waals surface area contributed by atoms with Gasteiger partial charge in [0.05, 0.1) is 6.04 Å². The normalized spacial score (nSPS) is 17.4. The van der Waals surface area contributed by atoms with Crippen molar-refractivity contribution in [2.45, 2.75) is 45.7 Å². The van der Waals surface area contributed by atoms with Crippen LogP contribution in [-0.4, -0.2) is 37.6 Å². The van der Waals surface area contributed by atoms with Gasteiger partial charge in [0.2, 0.25) is 5.91 Å². The van der Waals surface area contributed by atoms with Crippen LogP contribution in [0.15, 0.2) is 18.2 Å². The Bertz CT molecular complexity index is 513. The molecule has 1 unspecified atom stereocenters. The van der Waals surface area contributed by atoms with Crippen LogP contribution < -0.4 is 15.5 Å². The Morgan fingerprint density at radius 3 is 2.68 bits per heavy atom. The van der Waals surface area contributed by atoms with E-state index in [0.717, 1.165) is 36.5 Å². The average molecular weight is 324 g/mol. The number of carbonyl (C=O) groups is 1. The quantitative estimate of drug-likeness (QED) is 0.875. The average Bonchev–Trinajstić information content (AvgIpc) is 2.51. The molecule has 1 fully saturated rings. The Hall–Kier alpha value is -1.26. The van der Waals surface area contributed by atoms with E-state index in [-0.39, 0.29) is 11.9 Å². The van der Waals surface area contributed by atoms with Crippen LogP contribution in [0.25, 0.3) is 0 Å². The maximum atomic E-state index is 11.8. The van der Waals surface area contributed by atoms with E-state index >= 15 is 0 Å². The minimum atomic E-state index is -0.134. The molecule has 1 heterocycles. The summed E-state index contributed by atoms with van der Waals surface area (Å²) in [5.41, 5.74) is 2.29. The summed E-state index contributed by atoms with van der Waals surface area (Å²) in [4.78, 5) is 14.1. The number of halogens is 1. The molecule has 0 aromatic heterocycles. The standard InChI is InChI=1S/C17H26ClN3O/c1-4-19-17(22)13(3)20-14-7-9-21(10-8-14)15-6-5-12(2)16(18)11-15/h5-6,11,13-14,20H,4,7-10H2,1-3H3,(H,19,22). The number of amides is 1. The molecule has 1 amide bonds. The maximum absolute atomic E-state index is 11.8. The smallest absolute Gasteiger partial charge is 0.236 e. The minimum Gasteiger partial charge on any atom is -0.371 e. The van der Waals surface area contributed by atoms with Gasteiger partial charge in [-0.05, 0) is 51.3 Å². The molecule has 1 aromatic rings. The Balaban J connectivity index is 1.85. The summed E-state index contributed by atoms with van der Waals surface area (Å²) in [5.74, 6) is 0.0789. The first-order chi connectivity index (χ1) is 10.5. The Kier molecular flexibility index (Phi) is 6.09. The van der Waals surface area contributed by atoms with Crippen LogP contribution in [0, 0.1) is 6.92 Å². The molecule has 1 aliphatic rings. The fraction of sp³-hybridized carbons (Fsp3) is 0.588. The topological polar surface area (TPSA) is 44.4 Å². The van der Waals surface area contributed by atoms with Gasteiger partial charge in [-0.15, -0.1) is 0 Å². The molecule has 0 spiro atoms. The zero-order valence-electron chi connectivity index (χ0n) is 13.7. The summed E-state index contributed by atoms with van der Waals surface area (Å²) in [6.07, 6.45) is 2.07. The molecule has 2 N–H and O–H groups in total. The molecule has 0 aliphatic carbocycles. The second-order valence-electron chi connectivity index (χ2n) is 5.98. The highest BCUT2D eigenvalue weighted by Gasteiger charge is 2.23. The summed E-state index contributed by atoms with van der Waals surface area (Å²) >= 11 is 6.21. The van der Waals surface area contributed by atoms with Crippen molar-refractivity contribution in [1.82, 2.24) is 10.6 Å². The van der Waals surface area contributed by atoms with Crippen LogP contribution >= 0.6 is 11.6 Å². The Morgan fingerprint density at radius 1 is 1.41 bits per heavy atom. The van der Waals surface area contributed by atoms with E-state index in [0.29, 0.717) is 12.6 Å². The highest BCUT2D eigenvalue weighted by atomic mass is 35.5. The van der Waals surface area contributed by atoms with Crippen LogP contribution in [0.5, 0.6) is 0 Å². The number of aryl methyl sites for hydroxylation is 1. The lowest BCUT2D eigenvalue weighted by atomic mass is 10.0. The van der Waals surface area contributed by atoms with Crippen LogP contribution in [0.3, 0.4) is 0 Å². The molecule has 4 nitrogen and oxygen atoms in total. The van der Waals surface area contributed by atoms with Crippen molar-refractivity contribution < 1.29 is 4.79 Å². The number of anilines is 1. The lowest BCUT2D eigenvalue weighted by Crippen LogP contribution is -2.50. The van der Waals surface area contributed by atoms with E-state index in [1.807, 2.05) is 26.8 Å². The van der Waals surface area contributed by atoms with E-state index in [9.17, 15) is 4.79 Å². The second-order valence-corrected chi connectivity index (χ2v) is 6.38. The number of nitrogens with one attached hydrogen (secondary N) is 2. The first-order valence-corrected chi connectivity index (χ1v) is 8.44. The first kappa shape index (κ1) is 17.1. The minimum absolute atomic E-state index is 0.0789. The van der Waals surface area contributed by atoms with Crippen LogP contribution in [-0.2, 0) is 4.79 Å². The van der Waals surface area contributed by atoms with Gasteiger partial charge in [-0.3, -0.25) is 4.79 Å². The van der Waals surface area contributed by atoms with E-state index in [1.54, 1.807) is 0 Å². The number of piperidine rings is 1. The Morgan fingerprint density at radius 2 is 2.09 bits per heavy atom. The van der Waals surface area contributed by atoms with Crippen molar-refractivity contribution >= 4 is 23.2 Å². The molecular weight excluding hydrogens is 298 g/mol. The number of rotatable bonds is 5. The molecular formula is C17H26ClN3O. The van der Waals surface area contributed by atoms with Gasteiger partial charge in [-0.1, -0.05) is 17.7 Å². The summed E-state index contributed by atoms with van der Waals surface area (Å²) in [7, 11) is 0. The van der Waals surface area contributed by atoms with E-state index in [4.69, 9.17) is 11.6 Å². The van der Waals surface area contributed by atoms with Crippen molar-refractivity contribution in [2.24, 2.45) is 0 Å². The van der Waals surface area contributed by atoms with Gasteiger partial charge in [0.15, 0.2) is 0 Å². The molecule has 0 bridgehead atoms. The van der Waals surface area contributed by atoms with Gasteiger partial charge < -0.3 is 15.5 Å². The fourth-order valence-electron chi connectivity index (χ4n) is 2.84. The molecule has 1 aliphatic heterocycles. The van der Waals surface area contributed by atoms with Crippen LogP contribution in [0.1, 0.15) is 32.3 Å². The van der Waals surface area contributed by atoms with E-state index in [1.165, 1.54) is 5.69 Å². The van der Waals surface area contributed by atoms with Gasteiger partial charge in [-0.2, -0.15) is 0 Å². The number of benzene rings is 1. The van der Waals surface area contributed by atoms with Crippen molar-refractivity contribution in [3.8, 4) is 0 Å². The predicted octanol–water partition coefficient (Wildman–Crippen LogP) is 2.73. The van der Waals surface area contributed by atoms with Gasteiger partial charge in [0.1, 0.15) is 0 Å². The molecule has 1 aromatic carbocycles. The SMILES string of the molecule is CCNC(=O)C(C)NC1CCN(c2ccc(C)c(Cl)c2)CC1. The molecule has 2 rings (SSSR count). The van der Waals surface area contributed by atoms with Crippen LogP contribution in [0.4, 0.5) is 5.69 Å². The maximum Gasteiger partial charge on any atom is 0.236 e. The second kappa shape index (κ2) is 7.84. The molecule has 1 atom stereocenters. The van der Waals surface area contributed by atoms with Crippen molar-refractivity contribution in [1.29, 1.82) is 0 Å². The highest BCUT2D eigenvalue weighted by molar-refractivity contribution is 6.31. The number of nitrogens with zero attached hydrogens (tertiary/aromatic N) is 1. The van der Waals surface area contributed by atoms with Gasteiger partial charge in [-0.25, -0.2) is 0 Å². The summed E-state index contributed by atoms with van der Waals surface area (Å²) in [5, 5.41) is 7.11. The van der Waals surface area contributed by atoms with Crippen molar-refractivity contribution in [3.63, 3.8) is 0 Å². The molecule has 0 radical (unpaired) electrons. The third kappa shape index (κ3) is 4.37. The summed E-state index contributed by atoms with van der Waals surface area (Å²) < 4.78 is 0. The zero-order chi connectivity index (χ0) is 16.1. The largest absolute Gasteiger partial charge is 0.371 e.